The number of thiocarbonyl (C=S) groups is 3. The summed E-state index contributed by atoms with van der Waals surface area (Å²) >= 11 is 37.8. The second-order valence-electron chi connectivity index (χ2n) is 26.7. The van der Waals surface area contributed by atoms with Gasteiger partial charge >= 0.3 is 0 Å². The van der Waals surface area contributed by atoms with Crippen LogP contribution in [0.3, 0.4) is 0 Å². The van der Waals surface area contributed by atoms with Crippen LogP contribution in [0.5, 0.6) is 17.2 Å². The molecule has 3 aliphatic rings. The van der Waals surface area contributed by atoms with Gasteiger partial charge in [0.05, 0.1) is 66.1 Å². The molecule has 0 bridgehead atoms. The number of nitrogens with zero attached hydrogens (tertiary/aromatic N) is 9. The number of hydrogen-bond donors (Lipinski definition) is 4. The smallest absolute Gasteiger partial charge is 0.300 e. The van der Waals surface area contributed by atoms with Crippen molar-refractivity contribution in [3.8, 4) is 68.1 Å². The van der Waals surface area contributed by atoms with Crippen molar-refractivity contribution in [3.05, 3.63) is 318 Å². The minimum absolute atomic E-state index is 0.219. The van der Waals surface area contributed by atoms with Crippen molar-refractivity contribution in [2.75, 3.05) is 36.9 Å². The summed E-state index contributed by atoms with van der Waals surface area (Å²) in [6, 6.07) is 73.5. The predicted octanol–water partition coefficient (Wildman–Crippen LogP) is 17.7. The maximum atomic E-state index is 13.0. The van der Waals surface area contributed by atoms with Crippen LogP contribution in [0.1, 0.15) is 40.3 Å². The van der Waals surface area contributed by atoms with Crippen molar-refractivity contribution in [3.63, 3.8) is 0 Å². The monoisotopic (exact) mass is 1890 g/mol. The molecule has 6 heterocycles. The number of carboxylic acid groups (broad SMARTS) is 1. The van der Waals surface area contributed by atoms with E-state index in [0.29, 0.717) is 101 Å². The molecule has 0 radical (unpaired) electrons. The maximum absolute atomic E-state index is 13.0. The molecular weight excluding hydrogens is 1830 g/mol. The third-order valence-corrected chi connectivity index (χ3v) is 25.3. The Morgan fingerprint density at radius 1 is 0.379 bits per heavy atom. The van der Waals surface area contributed by atoms with Crippen LogP contribution >= 0.6 is 107 Å². The zero-order valence-corrected chi connectivity index (χ0v) is 74.4. The van der Waals surface area contributed by atoms with E-state index in [1.54, 1.807) is 32.3 Å². The van der Waals surface area contributed by atoms with Gasteiger partial charge in [-0.15, -0.1) is 0 Å². The van der Waals surface area contributed by atoms with Gasteiger partial charge in [0.2, 0.25) is 0 Å². The second-order valence-corrected chi connectivity index (χ2v) is 37.7. The van der Waals surface area contributed by atoms with Crippen LogP contribution in [0.2, 0.25) is 15.1 Å². The number of carbonyl (C=O) groups is 4. The van der Waals surface area contributed by atoms with Crippen molar-refractivity contribution in [2.45, 2.75) is 26.7 Å². The SMILES string of the molecule is CC(=O)O.O=C1/C(=C/c2cn(-c3ccccc3)nc2-c2ccc(OCc3ccccc3Cl)cc2)SC(=S)N1CCS(=O)(=O)O.O=C1/C(=C/c2cn(-c3ccccc3)nc2-c2ccc(OCc3ccccc3Cl)cc2)SC(=S)N1CCS(=O)(=O)O.O=C1/C(=C/c2cn(-c3ccccc3)nc2-c2ccc(OCc3ccccc3Cl)cc2)SC(=S)N1CCS(=O)(=O)O. The molecule has 0 spiro atoms. The molecule has 15 rings (SSSR count). The molecule has 3 amide bonds. The molecule has 12 aromatic rings. The Kier molecular flexibility index (Phi) is 31.3. The standard InChI is InChI=1S/3C28H22ClN3O5S3.C2H4O2/c3*29-24-9-5-4-6-20(24)18-37-23-12-10-19(11-13-23)26-21(17-32(30-26)22-7-2-1-3-8-22)16-25-27(33)31(28(38)39-25)14-15-40(34,35)36;1-2(3)4/h3*1-13,16-17H,14-15,18H2,(H,34,35,36);1H3,(H,3,4)/b3*25-16-;. The highest BCUT2D eigenvalue weighted by atomic mass is 35.5. The maximum Gasteiger partial charge on any atom is 0.300 e. The molecule has 38 heteroatoms. The molecule has 0 unspecified atom stereocenters. The fourth-order valence-electron chi connectivity index (χ4n) is 11.9. The molecule has 26 nitrogen and oxygen atoms in total. The van der Waals surface area contributed by atoms with Crippen molar-refractivity contribution in [1.82, 2.24) is 44.0 Å². The van der Waals surface area contributed by atoms with E-state index < -0.39 is 71.3 Å². The first-order chi connectivity index (χ1) is 59.3. The normalized spacial score (nSPS) is 14.5. The first-order valence-electron chi connectivity index (χ1n) is 36.9. The van der Waals surface area contributed by atoms with Crippen LogP contribution < -0.4 is 14.2 Å². The third kappa shape index (κ3) is 25.6. The number of para-hydroxylation sites is 3. The second kappa shape index (κ2) is 42.1. The highest BCUT2D eigenvalue weighted by Crippen LogP contribution is 2.40. The minimum Gasteiger partial charge on any atom is -0.489 e. The molecule has 0 aliphatic carbocycles. The highest BCUT2D eigenvalue weighted by molar-refractivity contribution is 8.27. The number of benzene rings is 9. The zero-order valence-electron chi connectivity index (χ0n) is 64.8. The van der Waals surface area contributed by atoms with Crippen molar-refractivity contribution in [1.29, 1.82) is 0 Å². The number of carboxylic acids is 1. The average molecular weight is 1900 g/mol. The molecule has 9 aromatic carbocycles. The number of amides is 3. The molecule has 3 aliphatic heterocycles. The number of ether oxygens (including phenoxy) is 3. The van der Waals surface area contributed by atoms with Crippen LogP contribution in [0.4, 0.5) is 0 Å². The summed E-state index contributed by atoms with van der Waals surface area (Å²) in [5.41, 5.74) is 11.4. The van der Waals surface area contributed by atoms with E-state index in [4.69, 9.17) is 125 Å². The van der Waals surface area contributed by atoms with Crippen molar-refractivity contribution < 1.29 is 77.4 Å². The van der Waals surface area contributed by atoms with Gasteiger partial charge in [0.1, 0.15) is 50.0 Å². The lowest BCUT2D eigenvalue weighted by atomic mass is 10.1. The van der Waals surface area contributed by atoms with Crippen LogP contribution in [0.25, 0.3) is 69.1 Å². The molecule has 3 saturated heterocycles. The third-order valence-electron chi connectivity index (χ3n) is 17.9. The van der Waals surface area contributed by atoms with E-state index in [-0.39, 0.29) is 32.6 Å². The Balaban J connectivity index is 0.000000166. The van der Waals surface area contributed by atoms with Gasteiger partial charge in [-0.2, -0.15) is 40.5 Å². The quantitative estimate of drug-likeness (QED) is 0.0211. The average Bonchev–Trinajstić information content (AvgIpc) is 1.69. The van der Waals surface area contributed by atoms with Gasteiger partial charge in [-0.3, -0.25) is 47.5 Å². The van der Waals surface area contributed by atoms with Gasteiger partial charge < -0.3 is 19.3 Å². The summed E-state index contributed by atoms with van der Waals surface area (Å²) in [4.78, 5) is 52.6. The molecule has 4 N–H and O–H groups in total. The van der Waals surface area contributed by atoms with Gasteiger partial charge in [0, 0.05) is 110 Å². The first-order valence-corrected chi connectivity index (χ1v) is 46.6. The van der Waals surface area contributed by atoms with E-state index in [0.717, 1.165) is 92.7 Å². The number of thioether (sulfide) groups is 3. The molecule has 0 atom stereocenters. The molecule has 124 heavy (non-hydrogen) atoms. The number of rotatable bonds is 27. The summed E-state index contributed by atoms with van der Waals surface area (Å²) in [6.07, 6.45) is 10.5. The highest BCUT2D eigenvalue weighted by Gasteiger charge is 2.36. The van der Waals surface area contributed by atoms with Crippen molar-refractivity contribution in [2.24, 2.45) is 0 Å². The molecule has 0 saturated carbocycles. The van der Waals surface area contributed by atoms with Gasteiger partial charge in [-0.25, -0.2) is 14.0 Å². The molecule has 3 fully saturated rings. The molecular formula is C86H70Cl3N9O17S9. The summed E-state index contributed by atoms with van der Waals surface area (Å²) in [7, 11) is -12.7. The molecule has 3 aromatic heterocycles. The summed E-state index contributed by atoms with van der Waals surface area (Å²) in [5.74, 6) is -1.95. The minimum atomic E-state index is -4.24. The van der Waals surface area contributed by atoms with Gasteiger partial charge in [0.15, 0.2) is 0 Å². The Labute approximate surface area is 757 Å². The zero-order chi connectivity index (χ0) is 88.4. The Bertz CT molecular complexity index is 5840. The van der Waals surface area contributed by atoms with E-state index in [1.165, 1.54) is 14.7 Å². The lowest BCUT2D eigenvalue weighted by molar-refractivity contribution is -0.134. The van der Waals surface area contributed by atoms with Crippen LogP contribution in [-0.4, -0.2) is 162 Å². The Morgan fingerprint density at radius 2 is 0.605 bits per heavy atom. The Hall–Kier alpha value is -11.0. The summed E-state index contributed by atoms with van der Waals surface area (Å²) in [6.45, 7) is 1.37. The lowest BCUT2D eigenvalue weighted by Crippen LogP contribution is -2.32. The molecule has 636 valence electrons. The van der Waals surface area contributed by atoms with Gasteiger partial charge in [0.25, 0.3) is 54.0 Å². The largest absolute Gasteiger partial charge is 0.489 e. The number of aromatic nitrogens is 6. The predicted molar refractivity (Wildman–Crippen MR) is 497 cm³/mol. The summed E-state index contributed by atoms with van der Waals surface area (Å²) in [5, 5.41) is 23.7. The van der Waals surface area contributed by atoms with E-state index in [2.05, 4.69) is 0 Å². The van der Waals surface area contributed by atoms with Crippen LogP contribution in [0.15, 0.2) is 270 Å². The van der Waals surface area contributed by atoms with E-state index >= 15 is 0 Å². The van der Waals surface area contributed by atoms with Gasteiger partial charge in [-0.05, 0) is 146 Å². The van der Waals surface area contributed by atoms with Crippen molar-refractivity contribution >= 4 is 192 Å². The fraction of sp³-hybridized carbons (Fsp3) is 0.116. The summed E-state index contributed by atoms with van der Waals surface area (Å²) < 4.78 is 118. The topological polar surface area (TPSA) is 342 Å². The lowest BCUT2D eigenvalue weighted by Gasteiger charge is -2.12. The number of aliphatic carboxylic acids is 1. The number of carbonyl (C=O) groups excluding carboxylic acids is 3. The van der Waals surface area contributed by atoms with E-state index in [1.807, 2.05) is 255 Å². The Morgan fingerprint density at radius 3 is 0.831 bits per heavy atom. The van der Waals surface area contributed by atoms with Crippen LogP contribution in [0, 0.1) is 0 Å². The number of hydrogen-bond acceptors (Lipinski definition) is 22. The van der Waals surface area contributed by atoms with Gasteiger partial charge in [-0.1, -0.05) is 216 Å². The van der Waals surface area contributed by atoms with E-state index in [9.17, 15) is 39.6 Å². The fourth-order valence-corrected chi connectivity index (χ4v) is 17.6. The van der Waals surface area contributed by atoms with Crippen LogP contribution in [-0.2, 0) is 69.4 Å². The number of halogens is 3. The first kappa shape index (κ1) is 92.2.